The molecule has 0 spiro atoms. The summed E-state index contributed by atoms with van der Waals surface area (Å²) in [6.07, 6.45) is 0. The summed E-state index contributed by atoms with van der Waals surface area (Å²) >= 11 is 0. The van der Waals surface area contributed by atoms with Crippen molar-refractivity contribution in [2.75, 3.05) is 0 Å². The number of halogens is 4. The van der Waals surface area contributed by atoms with E-state index in [2.05, 4.69) is 0 Å². The van der Waals surface area contributed by atoms with E-state index in [-0.39, 0.29) is 84.7 Å². The molecule has 0 aromatic heterocycles. The molecule has 0 heterocycles. The predicted molar refractivity (Wildman–Crippen MR) is 0 cm³/mol. The topological polar surface area (TPSA) is 0 Å². The molecule has 5 heteroatoms. The van der Waals surface area contributed by atoms with Gasteiger partial charge in [-0.15, -0.1) is 0 Å². The van der Waals surface area contributed by atoms with Crippen molar-refractivity contribution in [2.24, 2.45) is 0 Å². The van der Waals surface area contributed by atoms with Crippen LogP contribution in [0.15, 0.2) is 0 Å². The fourth-order valence-corrected chi connectivity index (χ4v) is 0. The summed E-state index contributed by atoms with van der Waals surface area (Å²) in [5, 5.41) is 0. The average Bonchev–Trinajstić information content (AvgIpc) is 0. The van der Waals surface area contributed by atoms with Gasteiger partial charge >= 0.3 is 0 Å². The van der Waals surface area contributed by atoms with Gasteiger partial charge in [-0.2, -0.15) is 0 Å². The largest absolute Gasteiger partial charge is 1.00 e. The van der Waals surface area contributed by atoms with Crippen LogP contribution in [0.2, 0.25) is 0 Å². The fourth-order valence-electron chi connectivity index (χ4n) is 0. The van der Waals surface area contributed by atoms with E-state index < -0.39 is 0 Å². The van der Waals surface area contributed by atoms with E-state index in [4.69, 9.17) is 0 Å². The van der Waals surface area contributed by atoms with Gasteiger partial charge in [0.15, 0.2) is 0 Å². The van der Waals surface area contributed by atoms with Crippen molar-refractivity contribution < 1.29 is 84.7 Å². The summed E-state index contributed by atoms with van der Waals surface area (Å²) in [6.45, 7) is 0. The summed E-state index contributed by atoms with van der Waals surface area (Å²) in [4.78, 5) is 0. The zero-order chi connectivity index (χ0) is 0. The third-order valence-corrected chi connectivity index (χ3v) is 0. The Balaban J connectivity index is 0. The Hall–Kier alpha value is 2.43. The van der Waals surface area contributed by atoms with Crippen LogP contribution in [0, 0.1) is 0 Å². The molecular weight excluding hydrogens is 379 g/mol. The second kappa shape index (κ2) is 32.1. The van der Waals surface area contributed by atoms with Gasteiger partial charge < -0.3 is 67.9 Å². The van der Waals surface area contributed by atoms with E-state index in [1.807, 2.05) is 0 Å². The molecule has 5 heavy (non-hydrogen) atoms. The first kappa shape index (κ1) is 52.1. The molecule has 0 aliphatic heterocycles. The summed E-state index contributed by atoms with van der Waals surface area (Å²) in [5.74, 6) is 0. The average molecular weight is 379 g/mol. The second-order valence-corrected chi connectivity index (χ2v) is 0. The molecule has 0 rings (SSSR count). The quantitative estimate of drug-likeness (QED) is 0.393. The first-order chi connectivity index (χ1) is 0. The molecule has 0 aliphatic carbocycles. The number of hydrogen-bond acceptors (Lipinski definition) is 0. The van der Waals surface area contributed by atoms with Crippen LogP contribution in [-0.4, -0.2) is 0 Å². The molecule has 0 saturated carbocycles. The first-order valence-electron chi connectivity index (χ1n) is 0. The zero-order valence-electron chi connectivity index (χ0n) is 1.85. The maximum atomic E-state index is 0. The smallest absolute Gasteiger partial charge is 0 e. The van der Waals surface area contributed by atoms with E-state index in [0.29, 0.717) is 0 Å². The molecule has 0 aliphatic rings. The molecule has 0 nitrogen and oxygen atoms in total. The van der Waals surface area contributed by atoms with E-state index in [1.165, 1.54) is 0 Å². The van der Waals surface area contributed by atoms with Crippen LogP contribution in [0.4, 0.5) is 0 Å². The van der Waals surface area contributed by atoms with E-state index in [1.54, 1.807) is 0 Å². The summed E-state index contributed by atoms with van der Waals surface area (Å²) in [7, 11) is 0. The summed E-state index contributed by atoms with van der Waals surface area (Å²) in [5.41, 5.74) is 0. The second-order valence-electron chi connectivity index (χ2n) is 0. The zero-order valence-corrected chi connectivity index (χ0v) is 9.23. The normalized spacial score (nSPS) is 0. The molecule has 0 N–H and O–H groups in total. The molecule has 0 unspecified atom stereocenters. The van der Waals surface area contributed by atoms with Gasteiger partial charge in [0.2, 0.25) is 0 Å². The Labute approximate surface area is 83.7 Å². The van der Waals surface area contributed by atoms with Crippen LogP contribution >= 0.6 is 0 Å². The van der Waals surface area contributed by atoms with Crippen molar-refractivity contribution in [1.29, 1.82) is 0 Å². The van der Waals surface area contributed by atoms with Crippen LogP contribution in [0.5, 0.6) is 0 Å². The van der Waals surface area contributed by atoms with Crippen molar-refractivity contribution in [3.05, 3.63) is 0 Å². The Morgan fingerprint density at radius 1 is 0.400 bits per heavy atom. The van der Waals surface area contributed by atoms with Gasteiger partial charge in [-0.25, -0.2) is 0 Å². The number of rotatable bonds is 0. The van der Waals surface area contributed by atoms with Gasteiger partial charge in [-0.1, -0.05) is 0 Å². The van der Waals surface area contributed by atoms with Crippen molar-refractivity contribution in [2.45, 2.75) is 0 Å². The fraction of sp³-hybridized carbons (Fsp3) is 0. The SMILES string of the molecule is [Br-].[Br-].[Br-].[Br-].[Co]. The van der Waals surface area contributed by atoms with Gasteiger partial charge in [-0.3, -0.25) is 0 Å². The molecule has 1 radical (unpaired) electrons. The monoisotopic (exact) mass is 375 g/mol. The molecule has 0 aromatic rings. The maximum Gasteiger partial charge on any atom is 0 e. The maximum absolute atomic E-state index is 0. The van der Waals surface area contributed by atoms with Crippen LogP contribution in [-0.2, 0) is 16.8 Å². The molecule has 0 atom stereocenters. The van der Waals surface area contributed by atoms with Gasteiger partial charge in [-0.05, 0) is 0 Å². The molecular formula is Br4Co-4. The Morgan fingerprint density at radius 2 is 0.400 bits per heavy atom. The third-order valence-electron chi connectivity index (χ3n) is 0. The standard InChI is InChI=1S/4BrH.Co/h4*1H;/p-4. The first-order valence-corrected chi connectivity index (χ1v) is 0. The van der Waals surface area contributed by atoms with Crippen LogP contribution in [0.25, 0.3) is 0 Å². The molecule has 0 saturated heterocycles. The van der Waals surface area contributed by atoms with Crippen molar-refractivity contribution >= 4 is 0 Å². The van der Waals surface area contributed by atoms with Crippen molar-refractivity contribution in [1.82, 2.24) is 0 Å². The van der Waals surface area contributed by atoms with Crippen molar-refractivity contribution in [3.8, 4) is 0 Å². The molecule has 0 amide bonds. The van der Waals surface area contributed by atoms with Gasteiger partial charge in [0.05, 0.1) is 0 Å². The minimum absolute atomic E-state index is 0. The Bertz CT molecular complexity index is 3.61. The van der Waals surface area contributed by atoms with Gasteiger partial charge in [0.25, 0.3) is 0 Å². The van der Waals surface area contributed by atoms with Crippen molar-refractivity contribution in [3.63, 3.8) is 0 Å². The minimum Gasteiger partial charge on any atom is -1.00 e. The van der Waals surface area contributed by atoms with E-state index in [0.717, 1.165) is 0 Å². The molecule has 0 fully saturated rings. The summed E-state index contributed by atoms with van der Waals surface area (Å²) in [6, 6.07) is 0. The molecule has 41 valence electrons. The predicted octanol–water partition coefficient (Wildman–Crippen LogP) is -12.0. The van der Waals surface area contributed by atoms with Crippen LogP contribution in [0.3, 0.4) is 0 Å². The van der Waals surface area contributed by atoms with Gasteiger partial charge in [0.1, 0.15) is 0 Å². The van der Waals surface area contributed by atoms with E-state index >= 15 is 0 Å². The third kappa shape index (κ3) is 21.4. The Kier molecular flexibility index (Phi) is 335. The summed E-state index contributed by atoms with van der Waals surface area (Å²) < 4.78 is 0. The molecule has 0 bridgehead atoms. The minimum atomic E-state index is 0. The van der Waals surface area contributed by atoms with Crippen LogP contribution < -0.4 is 67.9 Å². The van der Waals surface area contributed by atoms with E-state index in [9.17, 15) is 0 Å². The molecule has 0 aromatic carbocycles. The van der Waals surface area contributed by atoms with Gasteiger partial charge in [0, 0.05) is 16.8 Å². The van der Waals surface area contributed by atoms with Crippen LogP contribution in [0.1, 0.15) is 0 Å². The number of hydrogen-bond donors (Lipinski definition) is 0. The Morgan fingerprint density at radius 3 is 0.400 bits per heavy atom.